The van der Waals surface area contributed by atoms with Gasteiger partial charge in [0.05, 0.1) is 0 Å². The SMILES string of the molecule is c1ccc([C@@H]2OC3(CCC[C@@H]4C[C@@H]43)O[C@H]2c2ccccc2)cc1. The minimum Gasteiger partial charge on any atom is -0.339 e. The minimum atomic E-state index is -0.343. The Kier molecular flexibility index (Phi) is 3.10. The first-order valence-electron chi connectivity index (χ1n) is 8.81. The van der Waals surface area contributed by atoms with Gasteiger partial charge in [0.15, 0.2) is 5.79 Å². The Morgan fingerprint density at radius 3 is 1.91 bits per heavy atom. The zero-order valence-electron chi connectivity index (χ0n) is 13.2. The Morgan fingerprint density at radius 1 is 0.783 bits per heavy atom. The summed E-state index contributed by atoms with van der Waals surface area (Å²) >= 11 is 0. The second-order valence-corrected chi connectivity index (χ2v) is 7.20. The summed E-state index contributed by atoms with van der Waals surface area (Å²) in [4.78, 5) is 0. The van der Waals surface area contributed by atoms with Crippen molar-refractivity contribution in [1.29, 1.82) is 0 Å². The highest BCUT2D eigenvalue weighted by Crippen LogP contribution is 2.63. The molecule has 2 aromatic rings. The molecule has 0 N–H and O–H groups in total. The molecule has 2 nitrogen and oxygen atoms in total. The second kappa shape index (κ2) is 5.19. The highest BCUT2D eigenvalue weighted by Gasteiger charge is 2.62. The van der Waals surface area contributed by atoms with E-state index < -0.39 is 0 Å². The van der Waals surface area contributed by atoms with Crippen molar-refractivity contribution in [2.75, 3.05) is 0 Å². The third-order valence-corrected chi connectivity index (χ3v) is 5.77. The van der Waals surface area contributed by atoms with Crippen LogP contribution in [0.4, 0.5) is 0 Å². The molecular formula is C21H22O2. The maximum Gasteiger partial charge on any atom is 0.173 e. The lowest BCUT2D eigenvalue weighted by molar-refractivity contribution is -0.206. The Labute approximate surface area is 137 Å². The predicted molar refractivity (Wildman–Crippen MR) is 88.7 cm³/mol. The van der Waals surface area contributed by atoms with E-state index in [1.54, 1.807) is 0 Å². The molecule has 1 spiro atoms. The minimum absolute atomic E-state index is 0.00190. The molecule has 23 heavy (non-hydrogen) atoms. The topological polar surface area (TPSA) is 18.5 Å². The molecule has 3 aliphatic rings. The molecule has 3 fully saturated rings. The van der Waals surface area contributed by atoms with Crippen LogP contribution in [-0.4, -0.2) is 5.79 Å². The average Bonchev–Trinajstić information content (AvgIpc) is 3.32. The smallest absolute Gasteiger partial charge is 0.173 e. The van der Waals surface area contributed by atoms with Crippen LogP contribution in [0.5, 0.6) is 0 Å². The van der Waals surface area contributed by atoms with Crippen LogP contribution in [0.1, 0.15) is 49.0 Å². The molecule has 1 aliphatic heterocycles. The first-order valence-corrected chi connectivity index (χ1v) is 8.81. The highest BCUT2D eigenvalue weighted by molar-refractivity contribution is 5.27. The highest BCUT2D eigenvalue weighted by atomic mass is 16.8. The first kappa shape index (κ1) is 13.8. The van der Waals surface area contributed by atoms with E-state index in [9.17, 15) is 0 Å². The summed E-state index contributed by atoms with van der Waals surface area (Å²) in [6.07, 6.45) is 4.90. The lowest BCUT2D eigenvalue weighted by Gasteiger charge is -2.32. The van der Waals surface area contributed by atoms with Crippen molar-refractivity contribution < 1.29 is 9.47 Å². The van der Waals surface area contributed by atoms with E-state index in [2.05, 4.69) is 60.7 Å². The molecule has 1 heterocycles. The van der Waals surface area contributed by atoms with Gasteiger partial charge in [-0.3, -0.25) is 0 Å². The van der Waals surface area contributed by atoms with Gasteiger partial charge in [-0.25, -0.2) is 0 Å². The lowest BCUT2D eigenvalue weighted by Crippen LogP contribution is -2.36. The van der Waals surface area contributed by atoms with Crippen LogP contribution in [0.25, 0.3) is 0 Å². The molecule has 0 unspecified atom stereocenters. The number of benzene rings is 2. The Morgan fingerprint density at radius 2 is 1.35 bits per heavy atom. The number of hydrogen-bond donors (Lipinski definition) is 0. The molecule has 0 radical (unpaired) electrons. The fourth-order valence-electron chi connectivity index (χ4n) is 4.55. The zero-order valence-corrected chi connectivity index (χ0v) is 13.2. The van der Waals surface area contributed by atoms with Gasteiger partial charge in [-0.1, -0.05) is 60.7 Å². The van der Waals surface area contributed by atoms with Crippen molar-refractivity contribution >= 4 is 0 Å². The van der Waals surface area contributed by atoms with E-state index in [0.29, 0.717) is 5.92 Å². The van der Waals surface area contributed by atoms with Crippen molar-refractivity contribution in [2.24, 2.45) is 11.8 Å². The summed E-state index contributed by atoms with van der Waals surface area (Å²) in [6, 6.07) is 21.1. The standard InChI is InChI=1S/C21H22O2/c1-3-8-15(9-4-1)19-20(16-10-5-2-6-11-16)23-21(22-19)13-7-12-17-14-18(17)21/h1-6,8-11,17-20H,7,12-14H2/t17-,18+,19+,20+/m1/s1. The molecule has 0 amide bonds. The van der Waals surface area contributed by atoms with E-state index in [0.717, 1.165) is 12.3 Å². The Balaban J connectivity index is 1.54. The third kappa shape index (κ3) is 2.24. The van der Waals surface area contributed by atoms with Crippen LogP contribution in [0.15, 0.2) is 60.7 Å². The van der Waals surface area contributed by atoms with Gasteiger partial charge in [-0.05, 0) is 36.3 Å². The van der Waals surface area contributed by atoms with Crippen LogP contribution in [-0.2, 0) is 9.47 Å². The Bertz CT molecular complexity index is 634. The van der Waals surface area contributed by atoms with Crippen LogP contribution < -0.4 is 0 Å². The summed E-state index contributed by atoms with van der Waals surface area (Å²) in [5.41, 5.74) is 2.45. The molecule has 4 atom stereocenters. The van der Waals surface area contributed by atoms with Crippen molar-refractivity contribution in [3.8, 4) is 0 Å². The maximum atomic E-state index is 6.67. The van der Waals surface area contributed by atoms with E-state index in [4.69, 9.17) is 9.47 Å². The fraction of sp³-hybridized carbons (Fsp3) is 0.429. The van der Waals surface area contributed by atoms with Gasteiger partial charge < -0.3 is 9.47 Å². The molecule has 0 aromatic heterocycles. The average molecular weight is 306 g/mol. The maximum absolute atomic E-state index is 6.67. The van der Waals surface area contributed by atoms with Gasteiger partial charge >= 0.3 is 0 Å². The van der Waals surface area contributed by atoms with Crippen LogP contribution >= 0.6 is 0 Å². The van der Waals surface area contributed by atoms with Crippen LogP contribution in [0.2, 0.25) is 0 Å². The number of fused-ring (bicyclic) bond motifs is 2. The molecule has 2 saturated carbocycles. The van der Waals surface area contributed by atoms with Crippen molar-refractivity contribution in [1.82, 2.24) is 0 Å². The quantitative estimate of drug-likeness (QED) is 0.774. The monoisotopic (exact) mass is 306 g/mol. The van der Waals surface area contributed by atoms with Gasteiger partial charge in [-0.2, -0.15) is 0 Å². The fourth-order valence-corrected chi connectivity index (χ4v) is 4.55. The molecule has 2 heteroatoms. The summed E-state index contributed by atoms with van der Waals surface area (Å²) in [5.74, 6) is 1.09. The zero-order chi connectivity index (χ0) is 15.3. The summed E-state index contributed by atoms with van der Waals surface area (Å²) in [7, 11) is 0. The molecule has 1 saturated heterocycles. The van der Waals surface area contributed by atoms with Gasteiger partial charge in [-0.15, -0.1) is 0 Å². The molecular weight excluding hydrogens is 284 g/mol. The Hall–Kier alpha value is -1.64. The lowest BCUT2D eigenvalue weighted by atomic mass is 9.94. The first-order chi connectivity index (χ1) is 11.4. The number of rotatable bonds is 2. The number of ether oxygens (including phenoxy) is 2. The van der Waals surface area contributed by atoms with Crippen molar-refractivity contribution in [3.05, 3.63) is 71.8 Å². The third-order valence-electron chi connectivity index (χ3n) is 5.77. The second-order valence-electron chi connectivity index (χ2n) is 7.20. The predicted octanol–water partition coefficient (Wildman–Crippen LogP) is 5.03. The summed E-state index contributed by atoms with van der Waals surface area (Å²) in [6.45, 7) is 0. The van der Waals surface area contributed by atoms with Gasteiger partial charge in [0.1, 0.15) is 12.2 Å². The molecule has 118 valence electrons. The van der Waals surface area contributed by atoms with Gasteiger partial charge in [0.2, 0.25) is 0 Å². The molecule has 2 aromatic carbocycles. The summed E-state index contributed by atoms with van der Waals surface area (Å²) in [5, 5.41) is 0. The van der Waals surface area contributed by atoms with Crippen LogP contribution in [0, 0.1) is 11.8 Å². The van der Waals surface area contributed by atoms with E-state index in [1.807, 2.05) is 0 Å². The molecule has 5 rings (SSSR count). The molecule has 2 aliphatic carbocycles. The van der Waals surface area contributed by atoms with Crippen molar-refractivity contribution in [2.45, 2.75) is 43.7 Å². The summed E-state index contributed by atoms with van der Waals surface area (Å²) < 4.78 is 13.3. The van der Waals surface area contributed by atoms with Crippen LogP contribution in [0.3, 0.4) is 0 Å². The van der Waals surface area contributed by atoms with Crippen molar-refractivity contribution in [3.63, 3.8) is 0 Å². The largest absolute Gasteiger partial charge is 0.339 e. The normalized spacial score (nSPS) is 34.3. The molecule has 0 bridgehead atoms. The number of hydrogen-bond acceptors (Lipinski definition) is 2. The van der Waals surface area contributed by atoms with E-state index in [1.165, 1.54) is 30.4 Å². The van der Waals surface area contributed by atoms with Gasteiger partial charge in [0, 0.05) is 12.3 Å². The van der Waals surface area contributed by atoms with E-state index >= 15 is 0 Å². The van der Waals surface area contributed by atoms with Gasteiger partial charge in [0.25, 0.3) is 0 Å². The van der Waals surface area contributed by atoms with E-state index in [-0.39, 0.29) is 18.0 Å².